The van der Waals surface area contributed by atoms with E-state index >= 15 is 0 Å². The van der Waals surface area contributed by atoms with Gasteiger partial charge in [-0.3, -0.25) is 4.79 Å². The van der Waals surface area contributed by atoms with Gasteiger partial charge in [0, 0.05) is 13.1 Å². The summed E-state index contributed by atoms with van der Waals surface area (Å²) in [4.78, 5) is 11.8. The van der Waals surface area contributed by atoms with Crippen LogP contribution < -0.4 is 0 Å². The normalized spacial score (nSPS) is 21.9. The molecule has 1 saturated heterocycles. The average molecular weight is 295 g/mol. The largest absolute Gasteiger partial charge is 0.409 e. The maximum absolute atomic E-state index is 12.4. The molecule has 1 unspecified atom stereocenters. The number of halogens is 6. The van der Waals surface area contributed by atoms with Gasteiger partial charge in [0.2, 0.25) is 11.8 Å². The van der Waals surface area contributed by atoms with Gasteiger partial charge in [-0.15, -0.1) is 0 Å². The van der Waals surface area contributed by atoms with Gasteiger partial charge >= 0.3 is 12.4 Å². The third-order valence-electron chi connectivity index (χ3n) is 2.56. The van der Waals surface area contributed by atoms with Crippen LogP contribution in [-0.2, 0) is 9.53 Å². The van der Waals surface area contributed by atoms with E-state index < -0.39 is 43.4 Å². The number of carbonyl (C=O) groups excluding carboxylic acids is 1. The molecule has 0 radical (unpaired) electrons. The van der Waals surface area contributed by atoms with Crippen molar-refractivity contribution in [2.45, 2.75) is 18.5 Å². The van der Waals surface area contributed by atoms with E-state index in [2.05, 4.69) is 0 Å². The van der Waals surface area contributed by atoms with E-state index in [-0.39, 0.29) is 13.2 Å². The van der Waals surface area contributed by atoms with Crippen molar-refractivity contribution in [3.05, 3.63) is 0 Å². The third-order valence-corrected chi connectivity index (χ3v) is 2.56. The number of hydrogen-bond acceptors (Lipinski definition) is 3. The molecule has 10 heteroatoms. The van der Waals surface area contributed by atoms with Crippen molar-refractivity contribution in [2.75, 3.05) is 26.3 Å². The van der Waals surface area contributed by atoms with E-state index in [4.69, 9.17) is 9.84 Å². The van der Waals surface area contributed by atoms with Crippen LogP contribution in [0.1, 0.15) is 0 Å². The molecule has 1 atom stereocenters. The van der Waals surface area contributed by atoms with Crippen molar-refractivity contribution in [3.63, 3.8) is 0 Å². The molecule has 1 amide bonds. The molecule has 0 aliphatic carbocycles. The Morgan fingerprint density at radius 1 is 1.26 bits per heavy atom. The number of ether oxygens (including phenoxy) is 1. The molecule has 0 saturated carbocycles. The summed E-state index contributed by atoms with van der Waals surface area (Å²) in [6.07, 6.45) is -12.4. The number of carbonyl (C=O) groups is 1. The standard InChI is InChI=1S/C9H11F6NO3/c10-8(11,12)6(9(13,14)15)7(18)16-1-2-19-5(3-16)4-17/h5-6,17H,1-4H2. The van der Waals surface area contributed by atoms with Gasteiger partial charge in [0.25, 0.3) is 0 Å². The van der Waals surface area contributed by atoms with Gasteiger partial charge < -0.3 is 14.7 Å². The lowest BCUT2D eigenvalue weighted by Crippen LogP contribution is -2.54. The number of morpholine rings is 1. The van der Waals surface area contributed by atoms with Gasteiger partial charge in [0.15, 0.2) is 0 Å². The molecule has 4 nitrogen and oxygen atoms in total. The molecule has 1 rings (SSSR count). The van der Waals surface area contributed by atoms with Gasteiger partial charge in [-0.25, -0.2) is 0 Å². The van der Waals surface area contributed by atoms with Crippen LogP contribution in [0.3, 0.4) is 0 Å². The minimum Gasteiger partial charge on any atom is -0.394 e. The molecule has 0 spiro atoms. The zero-order valence-corrected chi connectivity index (χ0v) is 9.46. The minimum absolute atomic E-state index is 0.223. The molecule has 1 aliphatic rings. The van der Waals surface area contributed by atoms with Gasteiger partial charge in [-0.1, -0.05) is 0 Å². The highest BCUT2D eigenvalue weighted by Crippen LogP contribution is 2.40. The van der Waals surface area contributed by atoms with Crippen molar-refractivity contribution in [2.24, 2.45) is 5.92 Å². The molecule has 1 aliphatic heterocycles. The lowest BCUT2D eigenvalue weighted by molar-refractivity contribution is -0.278. The summed E-state index contributed by atoms with van der Waals surface area (Å²) in [6.45, 7) is -1.69. The van der Waals surface area contributed by atoms with Crippen molar-refractivity contribution in [1.82, 2.24) is 4.90 Å². The second-order valence-corrected chi connectivity index (χ2v) is 3.98. The molecule has 1 heterocycles. The van der Waals surface area contributed by atoms with Crippen LogP contribution in [-0.4, -0.2) is 60.7 Å². The highest BCUT2D eigenvalue weighted by atomic mass is 19.4. The van der Waals surface area contributed by atoms with Crippen LogP contribution in [0.5, 0.6) is 0 Å². The Morgan fingerprint density at radius 2 is 1.79 bits per heavy atom. The summed E-state index contributed by atoms with van der Waals surface area (Å²) in [5.41, 5.74) is 0. The van der Waals surface area contributed by atoms with Crippen LogP contribution in [0, 0.1) is 5.92 Å². The first-order chi connectivity index (χ1) is 8.57. The van der Waals surface area contributed by atoms with Gasteiger partial charge in [0.1, 0.15) is 0 Å². The Hall–Kier alpha value is -1.03. The SMILES string of the molecule is O=C(C(C(F)(F)F)C(F)(F)F)N1CCOC(CO)C1. The first-order valence-corrected chi connectivity index (χ1v) is 5.22. The summed E-state index contributed by atoms with van der Waals surface area (Å²) < 4.78 is 79.0. The molecule has 0 aromatic rings. The summed E-state index contributed by atoms with van der Waals surface area (Å²) in [5, 5.41) is 8.74. The fraction of sp³-hybridized carbons (Fsp3) is 0.889. The Kier molecular flexibility index (Phi) is 4.67. The lowest BCUT2D eigenvalue weighted by Gasteiger charge is -2.35. The highest BCUT2D eigenvalue weighted by molar-refractivity contribution is 5.80. The Morgan fingerprint density at radius 3 is 2.21 bits per heavy atom. The van der Waals surface area contributed by atoms with Crippen molar-refractivity contribution in [1.29, 1.82) is 0 Å². The van der Waals surface area contributed by atoms with Crippen LogP contribution in [0.2, 0.25) is 0 Å². The van der Waals surface area contributed by atoms with Gasteiger partial charge in [0.05, 0.1) is 19.3 Å². The van der Waals surface area contributed by atoms with Gasteiger partial charge in [-0.2, -0.15) is 26.3 Å². The Bertz CT molecular complexity index is 315. The van der Waals surface area contributed by atoms with Crippen LogP contribution in [0.15, 0.2) is 0 Å². The topological polar surface area (TPSA) is 49.8 Å². The van der Waals surface area contributed by atoms with E-state index in [1.165, 1.54) is 0 Å². The molecule has 1 fully saturated rings. The number of hydrogen-bond donors (Lipinski definition) is 1. The number of nitrogens with zero attached hydrogens (tertiary/aromatic N) is 1. The third kappa shape index (κ3) is 3.96. The molecular weight excluding hydrogens is 284 g/mol. The van der Waals surface area contributed by atoms with E-state index in [0.29, 0.717) is 4.90 Å². The van der Waals surface area contributed by atoms with E-state index in [1.54, 1.807) is 0 Å². The fourth-order valence-electron chi connectivity index (χ4n) is 1.68. The number of rotatable bonds is 2. The maximum atomic E-state index is 12.4. The minimum atomic E-state index is -5.71. The highest BCUT2D eigenvalue weighted by Gasteiger charge is 2.62. The van der Waals surface area contributed by atoms with Crippen molar-refractivity contribution >= 4 is 5.91 Å². The fourth-order valence-corrected chi connectivity index (χ4v) is 1.68. The first kappa shape index (κ1) is 16.0. The zero-order valence-electron chi connectivity index (χ0n) is 9.46. The van der Waals surface area contributed by atoms with Crippen LogP contribution >= 0.6 is 0 Å². The smallest absolute Gasteiger partial charge is 0.394 e. The van der Waals surface area contributed by atoms with Gasteiger partial charge in [-0.05, 0) is 0 Å². The van der Waals surface area contributed by atoms with Crippen LogP contribution in [0.4, 0.5) is 26.3 Å². The summed E-state index contributed by atoms with van der Waals surface area (Å²) in [5.74, 6) is -6.11. The van der Waals surface area contributed by atoms with E-state index in [9.17, 15) is 31.1 Å². The molecular formula is C9H11F6NO3. The molecule has 0 bridgehead atoms. The number of alkyl halides is 6. The Labute approximate surface area is 103 Å². The van der Waals surface area contributed by atoms with E-state index in [0.717, 1.165) is 0 Å². The molecule has 0 aromatic heterocycles. The van der Waals surface area contributed by atoms with Crippen molar-refractivity contribution < 1.29 is 41.0 Å². The molecule has 1 N–H and O–H groups in total. The first-order valence-electron chi connectivity index (χ1n) is 5.22. The lowest BCUT2D eigenvalue weighted by atomic mass is 10.1. The molecule has 0 aromatic carbocycles. The van der Waals surface area contributed by atoms with Crippen molar-refractivity contribution in [3.8, 4) is 0 Å². The maximum Gasteiger partial charge on any atom is 0.409 e. The molecule has 19 heavy (non-hydrogen) atoms. The number of amides is 1. The summed E-state index contributed by atoms with van der Waals surface area (Å²) >= 11 is 0. The average Bonchev–Trinajstić information content (AvgIpc) is 2.25. The zero-order chi connectivity index (χ0) is 14.8. The quantitative estimate of drug-likeness (QED) is 0.772. The predicted molar refractivity (Wildman–Crippen MR) is 49.0 cm³/mol. The number of aliphatic hydroxyl groups excluding tert-OH is 1. The second-order valence-electron chi connectivity index (χ2n) is 3.98. The monoisotopic (exact) mass is 295 g/mol. The predicted octanol–water partition coefficient (Wildman–Crippen LogP) is 0.947. The Balaban J connectivity index is 2.88. The summed E-state index contributed by atoms with van der Waals surface area (Å²) in [6, 6.07) is 0. The molecule has 112 valence electrons. The van der Waals surface area contributed by atoms with Crippen LogP contribution in [0.25, 0.3) is 0 Å². The number of aliphatic hydroxyl groups is 1. The van der Waals surface area contributed by atoms with E-state index in [1.807, 2.05) is 0 Å². The summed E-state index contributed by atoms with van der Waals surface area (Å²) in [7, 11) is 0. The second kappa shape index (κ2) is 5.53.